The van der Waals surface area contributed by atoms with Gasteiger partial charge in [0.25, 0.3) is 0 Å². The molecule has 0 saturated carbocycles. The van der Waals surface area contributed by atoms with E-state index in [0.717, 1.165) is 0 Å². The second-order valence-electron chi connectivity index (χ2n) is 7.28. The number of anilines is 1. The lowest BCUT2D eigenvalue weighted by Gasteiger charge is -2.18. The van der Waals surface area contributed by atoms with Gasteiger partial charge in [-0.2, -0.15) is 5.26 Å². The van der Waals surface area contributed by atoms with Gasteiger partial charge in [-0.25, -0.2) is 4.98 Å². The van der Waals surface area contributed by atoms with Crippen molar-refractivity contribution < 1.29 is 19.3 Å². The van der Waals surface area contributed by atoms with Gasteiger partial charge in [-0.1, -0.05) is 23.7 Å². The number of nitriles is 1. The number of hydrogen-bond donors (Lipinski definition) is 2. The van der Waals surface area contributed by atoms with Gasteiger partial charge in [0, 0.05) is 18.3 Å². The molecule has 1 aromatic carbocycles. The highest BCUT2D eigenvalue weighted by molar-refractivity contribution is 6.35. The third kappa shape index (κ3) is 6.32. The molecule has 0 aliphatic carbocycles. The van der Waals surface area contributed by atoms with Gasteiger partial charge in [-0.15, -0.1) is 0 Å². The van der Waals surface area contributed by atoms with E-state index in [9.17, 15) is 10.1 Å². The molecule has 34 heavy (non-hydrogen) atoms. The van der Waals surface area contributed by atoms with Crippen molar-refractivity contribution >= 4 is 28.3 Å². The Labute approximate surface area is 202 Å². The van der Waals surface area contributed by atoms with Crippen LogP contribution in [0.5, 0.6) is 0 Å². The third-order valence-electron chi connectivity index (χ3n) is 4.95. The highest BCUT2D eigenvalue weighted by Crippen LogP contribution is 2.30. The molecule has 180 valence electrons. The van der Waals surface area contributed by atoms with Crippen molar-refractivity contribution in [2.75, 3.05) is 58.1 Å². The summed E-state index contributed by atoms with van der Waals surface area (Å²) < 4.78 is 17.8. The van der Waals surface area contributed by atoms with Crippen LogP contribution in [0.3, 0.4) is 0 Å². The summed E-state index contributed by atoms with van der Waals surface area (Å²) >= 11 is 6.50. The topological polar surface area (TPSA) is 119 Å². The van der Waals surface area contributed by atoms with E-state index in [0.29, 0.717) is 84.9 Å². The number of aromatic nitrogens is 2. The van der Waals surface area contributed by atoms with Crippen LogP contribution in [0.4, 0.5) is 5.82 Å². The van der Waals surface area contributed by atoms with Crippen LogP contribution in [0.25, 0.3) is 16.6 Å². The first-order valence-corrected chi connectivity index (χ1v) is 11.2. The molecule has 3 aromatic rings. The molecule has 0 bridgehead atoms. The molecule has 9 nitrogen and oxygen atoms in total. The molecule has 0 atom stereocenters. The fourth-order valence-electron chi connectivity index (χ4n) is 3.49. The van der Waals surface area contributed by atoms with Gasteiger partial charge < -0.3 is 29.2 Å². The minimum atomic E-state index is -0.214. The van der Waals surface area contributed by atoms with Crippen molar-refractivity contribution in [1.29, 1.82) is 5.26 Å². The van der Waals surface area contributed by atoms with Crippen LogP contribution in [-0.2, 0) is 14.2 Å². The van der Waals surface area contributed by atoms with Gasteiger partial charge in [0.1, 0.15) is 11.9 Å². The Morgan fingerprint density at radius 3 is 2.50 bits per heavy atom. The molecule has 0 radical (unpaired) electrons. The molecular weight excluding hydrogens is 460 g/mol. The van der Waals surface area contributed by atoms with Crippen molar-refractivity contribution in [3.63, 3.8) is 0 Å². The average Bonchev–Trinajstić information content (AvgIpc) is 2.84. The maximum Gasteiger partial charge on any atom is 0.193 e. The lowest BCUT2D eigenvalue weighted by Crippen LogP contribution is -2.18. The molecule has 0 spiro atoms. The first-order chi connectivity index (χ1) is 16.6. The molecule has 2 N–H and O–H groups in total. The summed E-state index contributed by atoms with van der Waals surface area (Å²) in [7, 11) is 0. The van der Waals surface area contributed by atoms with Crippen LogP contribution < -0.4 is 10.7 Å². The minimum Gasteiger partial charge on any atom is -0.394 e. The maximum absolute atomic E-state index is 12.9. The van der Waals surface area contributed by atoms with Crippen LogP contribution in [0, 0.1) is 18.3 Å². The summed E-state index contributed by atoms with van der Waals surface area (Å²) in [6.07, 6.45) is 1.49. The number of benzene rings is 1. The number of para-hydroxylation sites is 1. The van der Waals surface area contributed by atoms with E-state index < -0.39 is 0 Å². The number of aryl methyl sites for hydroxylation is 1. The normalized spacial score (nSPS) is 11.0. The fraction of sp³-hybridized carbons (Fsp3) is 0.375. The Kier molecular flexibility index (Phi) is 9.82. The number of nitrogens with zero attached hydrogens (tertiary/aromatic N) is 3. The van der Waals surface area contributed by atoms with Crippen LogP contribution in [0.2, 0.25) is 5.02 Å². The largest absolute Gasteiger partial charge is 0.394 e. The van der Waals surface area contributed by atoms with E-state index in [4.69, 9.17) is 30.9 Å². The van der Waals surface area contributed by atoms with E-state index in [1.54, 1.807) is 19.1 Å². The Morgan fingerprint density at radius 1 is 1.12 bits per heavy atom. The maximum atomic E-state index is 12.9. The van der Waals surface area contributed by atoms with Crippen LogP contribution >= 0.6 is 11.6 Å². The number of pyridine rings is 2. The second-order valence-corrected chi connectivity index (χ2v) is 7.69. The molecule has 0 fully saturated rings. The van der Waals surface area contributed by atoms with E-state index in [1.807, 2.05) is 16.7 Å². The molecule has 10 heteroatoms. The first-order valence-electron chi connectivity index (χ1n) is 10.9. The van der Waals surface area contributed by atoms with E-state index in [1.165, 1.54) is 12.3 Å². The van der Waals surface area contributed by atoms with Gasteiger partial charge >= 0.3 is 0 Å². The zero-order chi connectivity index (χ0) is 24.3. The zero-order valence-electron chi connectivity index (χ0n) is 18.9. The summed E-state index contributed by atoms with van der Waals surface area (Å²) in [5.74, 6) is 0.397. The Bertz CT molecular complexity index is 1210. The molecule has 0 saturated heterocycles. The fourth-order valence-corrected chi connectivity index (χ4v) is 3.72. The minimum absolute atomic E-state index is 0.00548. The van der Waals surface area contributed by atoms with Gasteiger partial charge in [-0.3, -0.25) is 4.79 Å². The van der Waals surface area contributed by atoms with E-state index >= 15 is 0 Å². The van der Waals surface area contributed by atoms with Crippen molar-refractivity contribution in [3.8, 4) is 11.8 Å². The number of ether oxygens (including phenoxy) is 3. The Hall–Kier alpha value is -3.00. The van der Waals surface area contributed by atoms with Gasteiger partial charge in [0.15, 0.2) is 5.43 Å². The summed E-state index contributed by atoms with van der Waals surface area (Å²) in [6.45, 7) is 4.59. The number of rotatable bonds is 13. The van der Waals surface area contributed by atoms with E-state index in [-0.39, 0.29) is 12.0 Å². The summed E-state index contributed by atoms with van der Waals surface area (Å²) in [6, 6.07) is 10.9. The SMILES string of the molecule is Cc1cc(=O)c2c(NCCOCCOCCOCCO)ncc(Cl)c2n1-c1ccccc1C#N. The smallest absolute Gasteiger partial charge is 0.193 e. The van der Waals surface area contributed by atoms with Crippen molar-refractivity contribution in [3.05, 3.63) is 63.0 Å². The Balaban J connectivity index is 1.70. The summed E-state index contributed by atoms with van der Waals surface area (Å²) in [5, 5.41) is 22.0. The number of aliphatic hydroxyl groups excluding tert-OH is 1. The van der Waals surface area contributed by atoms with Crippen molar-refractivity contribution in [2.45, 2.75) is 6.92 Å². The molecule has 2 aromatic heterocycles. The van der Waals surface area contributed by atoms with Crippen LogP contribution in [0.15, 0.2) is 41.3 Å². The second kappa shape index (κ2) is 13.0. The quantitative estimate of drug-likeness (QED) is 0.354. The number of fused-ring (bicyclic) bond motifs is 1. The predicted octanol–water partition coefficient (Wildman–Crippen LogP) is 2.67. The standard InChI is InChI=1S/C24H27ClN4O5/c1-17-14-21(31)22-23(29(17)20-5-3-2-4-18(20)15-26)19(25)16-28-24(22)27-6-8-32-10-12-34-13-11-33-9-7-30/h2-5,14,16,30H,6-13H2,1H3,(H,27,28). The highest BCUT2D eigenvalue weighted by atomic mass is 35.5. The van der Waals surface area contributed by atoms with Gasteiger partial charge in [0.05, 0.1) is 79.6 Å². The van der Waals surface area contributed by atoms with E-state index in [2.05, 4.69) is 16.4 Å². The average molecular weight is 487 g/mol. The number of hydrogen-bond acceptors (Lipinski definition) is 8. The molecule has 0 unspecified atom stereocenters. The van der Waals surface area contributed by atoms with Crippen molar-refractivity contribution in [2.24, 2.45) is 0 Å². The first kappa shape index (κ1) is 25.6. The third-order valence-corrected chi connectivity index (χ3v) is 5.23. The monoisotopic (exact) mass is 486 g/mol. The molecule has 0 amide bonds. The number of halogens is 1. The predicted molar refractivity (Wildman–Crippen MR) is 130 cm³/mol. The van der Waals surface area contributed by atoms with Gasteiger partial charge in [-0.05, 0) is 19.1 Å². The lowest BCUT2D eigenvalue weighted by atomic mass is 10.1. The lowest BCUT2D eigenvalue weighted by molar-refractivity contribution is 0.00920. The van der Waals surface area contributed by atoms with Crippen LogP contribution in [0.1, 0.15) is 11.3 Å². The van der Waals surface area contributed by atoms with Crippen LogP contribution in [-0.4, -0.2) is 67.5 Å². The van der Waals surface area contributed by atoms with Gasteiger partial charge in [0.2, 0.25) is 0 Å². The number of aliphatic hydroxyl groups is 1. The molecular formula is C24H27ClN4O5. The molecule has 0 aliphatic heterocycles. The number of nitrogens with one attached hydrogen (secondary N) is 1. The zero-order valence-corrected chi connectivity index (χ0v) is 19.7. The molecule has 3 rings (SSSR count). The molecule has 2 heterocycles. The molecule has 0 aliphatic rings. The summed E-state index contributed by atoms with van der Waals surface area (Å²) in [5.41, 5.74) is 2.03. The summed E-state index contributed by atoms with van der Waals surface area (Å²) in [4.78, 5) is 17.2. The van der Waals surface area contributed by atoms with Crippen molar-refractivity contribution in [1.82, 2.24) is 9.55 Å². The highest BCUT2D eigenvalue weighted by Gasteiger charge is 2.17. The Morgan fingerprint density at radius 2 is 1.79 bits per heavy atom.